The van der Waals surface area contributed by atoms with Crippen LogP contribution in [-0.4, -0.2) is 52.2 Å². The zero-order chi connectivity index (χ0) is 27.3. The quantitative estimate of drug-likeness (QED) is 0.429. The molecule has 3 aliphatic rings. The Kier molecular flexibility index (Phi) is 7.99. The van der Waals surface area contributed by atoms with Gasteiger partial charge in [-0.25, -0.2) is 4.98 Å². The maximum atomic E-state index is 12.8. The maximum absolute atomic E-state index is 12.8. The van der Waals surface area contributed by atoms with Gasteiger partial charge in [0.05, 0.1) is 23.7 Å². The number of pyridine rings is 2. The van der Waals surface area contributed by atoms with Crippen molar-refractivity contribution in [1.82, 2.24) is 15.0 Å². The number of hydrogen-bond donors (Lipinski definition) is 1. The molecule has 4 heterocycles. The van der Waals surface area contributed by atoms with Crippen LogP contribution in [0, 0.1) is 11.8 Å². The molecule has 2 N–H and O–H groups in total. The number of allylic oxidation sites excluding steroid dienone is 1. The summed E-state index contributed by atoms with van der Waals surface area (Å²) in [5.41, 5.74) is 10.3. The zero-order valence-corrected chi connectivity index (χ0v) is 22.6. The summed E-state index contributed by atoms with van der Waals surface area (Å²) < 4.78 is 16.7. The first kappa shape index (κ1) is 26.4. The fourth-order valence-corrected chi connectivity index (χ4v) is 5.88. The molecular formula is C31H35N5O4. The van der Waals surface area contributed by atoms with Crippen LogP contribution in [0.4, 0.5) is 0 Å². The molecule has 9 heteroatoms. The van der Waals surface area contributed by atoms with Gasteiger partial charge in [0, 0.05) is 42.4 Å². The maximum Gasteiger partial charge on any atom is 0.227 e. The average Bonchev–Trinajstić information content (AvgIpc) is 3.52. The van der Waals surface area contributed by atoms with Gasteiger partial charge in [-0.3, -0.25) is 19.8 Å². The second-order valence-electron chi connectivity index (χ2n) is 10.9. The van der Waals surface area contributed by atoms with Crippen molar-refractivity contribution in [1.29, 1.82) is 0 Å². The van der Waals surface area contributed by atoms with E-state index >= 15 is 0 Å². The van der Waals surface area contributed by atoms with Gasteiger partial charge in [-0.2, -0.15) is 0 Å². The van der Waals surface area contributed by atoms with Gasteiger partial charge in [0.15, 0.2) is 17.3 Å². The highest BCUT2D eigenvalue weighted by Gasteiger charge is 2.26. The summed E-state index contributed by atoms with van der Waals surface area (Å²) in [6.45, 7) is 1.13. The van der Waals surface area contributed by atoms with Crippen LogP contribution >= 0.6 is 0 Å². The number of oxazole rings is 1. The molecule has 0 aromatic carbocycles. The lowest BCUT2D eigenvalue weighted by atomic mass is 9.80. The van der Waals surface area contributed by atoms with Crippen molar-refractivity contribution < 1.29 is 18.7 Å². The van der Waals surface area contributed by atoms with E-state index in [1.807, 2.05) is 18.4 Å². The zero-order valence-electron chi connectivity index (χ0n) is 22.6. The Labute approximate surface area is 233 Å². The van der Waals surface area contributed by atoms with Crippen LogP contribution in [0.5, 0.6) is 11.5 Å². The molecule has 2 atom stereocenters. The van der Waals surface area contributed by atoms with E-state index in [4.69, 9.17) is 24.6 Å². The fraction of sp³-hybridized carbons (Fsp3) is 0.452. The highest BCUT2D eigenvalue weighted by molar-refractivity contribution is 5.96. The minimum atomic E-state index is -0.0817. The molecular weight excluding hydrogens is 506 g/mol. The normalized spacial score (nSPS) is 23.4. The van der Waals surface area contributed by atoms with E-state index in [-0.39, 0.29) is 17.7 Å². The largest absolute Gasteiger partial charge is 0.486 e. The van der Waals surface area contributed by atoms with E-state index in [1.54, 1.807) is 30.9 Å². The number of carbonyl (C=O) groups is 1. The Balaban J connectivity index is 0.985. The van der Waals surface area contributed by atoms with E-state index in [2.05, 4.69) is 21.0 Å². The Morgan fingerprint density at radius 3 is 2.67 bits per heavy atom. The van der Waals surface area contributed by atoms with Gasteiger partial charge < -0.3 is 19.6 Å². The highest BCUT2D eigenvalue weighted by atomic mass is 16.6. The smallest absolute Gasteiger partial charge is 0.227 e. The Morgan fingerprint density at radius 1 is 1.00 bits per heavy atom. The van der Waals surface area contributed by atoms with Crippen LogP contribution in [0.25, 0.3) is 17.5 Å². The van der Waals surface area contributed by atoms with Gasteiger partial charge in [-0.1, -0.05) is 0 Å². The van der Waals surface area contributed by atoms with E-state index in [9.17, 15) is 4.79 Å². The summed E-state index contributed by atoms with van der Waals surface area (Å²) in [5.74, 6) is 2.53. The first-order valence-corrected chi connectivity index (χ1v) is 14.2. The number of hydrogen-bond acceptors (Lipinski definition) is 9. The number of rotatable bonds is 7. The molecule has 0 spiro atoms. The number of aryl methyl sites for hydroxylation is 1. The molecule has 1 saturated carbocycles. The Hall–Kier alpha value is -3.85. The summed E-state index contributed by atoms with van der Waals surface area (Å²) in [4.78, 5) is 31.0. The molecule has 0 bridgehead atoms. The molecule has 3 aromatic rings. The molecule has 1 fully saturated rings. The van der Waals surface area contributed by atoms with Gasteiger partial charge in [0.2, 0.25) is 5.89 Å². The van der Waals surface area contributed by atoms with Crippen LogP contribution in [0.2, 0.25) is 0 Å². The van der Waals surface area contributed by atoms with Crippen LogP contribution in [0.1, 0.15) is 55.5 Å². The van der Waals surface area contributed by atoms with Crippen LogP contribution in [0.3, 0.4) is 0 Å². The number of aliphatic imine (C=N–C) groups is 1. The van der Waals surface area contributed by atoms with Crippen molar-refractivity contribution in [2.75, 3.05) is 13.2 Å². The minimum Gasteiger partial charge on any atom is -0.486 e. The Bertz CT molecular complexity index is 1380. The second-order valence-corrected chi connectivity index (χ2v) is 10.9. The predicted octanol–water partition coefficient (Wildman–Crippen LogP) is 4.64. The topological polar surface area (TPSA) is 126 Å². The molecule has 0 amide bonds. The molecule has 40 heavy (non-hydrogen) atoms. The van der Waals surface area contributed by atoms with Crippen molar-refractivity contribution in [3.8, 4) is 23.0 Å². The number of carbonyl (C=O) groups excluding carboxylic acids is 1. The minimum absolute atomic E-state index is 0.0563. The third-order valence-electron chi connectivity index (χ3n) is 8.24. The lowest BCUT2D eigenvalue weighted by molar-refractivity contribution is -0.118. The number of nitrogens with two attached hydrogens (primary N) is 1. The molecule has 3 aromatic heterocycles. The standard InChI is InChI=1S/C31H35N5O4/c32-26(16-25-17-29-30(19-35-25)39-14-13-38-29)20-3-5-24(6-4-20)33-10-9-21-1-2-22-15-23(31-34-11-12-40-31)18-36-27(22)7-8-28(21)37/h7-8,10-12,15,17-21,24,26H,1-6,9,13-14,16,32H2. The first-order chi connectivity index (χ1) is 19.6. The van der Waals surface area contributed by atoms with Crippen LogP contribution in [0.15, 0.2) is 52.5 Å². The van der Waals surface area contributed by atoms with Gasteiger partial charge >= 0.3 is 0 Å². The number of ether oxygens (including phenoxy) is 2. The summed E-state index contributed by atoms with van der Waals surface area (Å²) in [6.07, 6.45) is 19.2. The third kappa shape index (κ3) is 6.14. The lowest BCUT2D eigenvalue weighted by Crippen LogP contribution is -2.35. The van der Waals surface area contributed by atoms with Gasteiger partial charge in [-0.05, 0) is 80.9 Å². The number of ketones is 1. The van der Waals surface area contributed by atoms with Crippen molar-refractivity contribution in [2.24, 2.45) is 22.6 Å². The van der Waals surface area contributed by atoms with Crippen LogP contribution in [-0.2, 0) is 17.6 Å². The number of nitrogens with zero attached hydrogens (tertiary/aromatic N) is 4. The molecule has 9 nitrogen and oxygen atoms in total. The Morgan fingerprint density at radius 2 is 1.85 bits per heavy atom. The van der Waals surface area contributed by atoms with Crippen molar-refractivity contribution in [2.45, 2.75) is 63.5 Å². The summed E-state index contributed by atoms with van der Waals surface area (Å²) in [7, 11) is 0. The molecule has 2 unspecified atom stereocenters. The molecule has 208 valence electrons. The van der Waals surface area contributed by atoms with E-state index in [0.717, 1.165) is 73.2 Å². The molecule has 0 radical (unpaired) electrons. The monoisotopic (exact) mass is 541 g/mol. The lowest BCUT2D eigenvalue weighted by Gasteiger charge is -2.30. The number of aromatic nitrogens is 3. The predicted molar refractivity (Wildman–Crippen MR) is 151 cm³/mol. The van der Waals surface area contributed by atoms with Crippen molar-refractivity contribution in [3.63, 3.8) is 0 Å². The van der Waals surface area contributed by atoms with Gasteiger partial charge in [-0.15, -0.1) is 0 Å². The molecule has 2 aliphatic carbocycles. The fourth-order valence-electron chi connectivity index (χ4n) is 5.88. The molecule has 0 saturated heterocycles. The molecule has 1 aliphatic heterocycles. The van der Waals surface area contributed by atoms with E-state index in [1.165, 1.54) is 0 Å². The van der Waals surface area contributed by atoms with Crippen LogP contribution < -0.4 is 15.2 Å². The SMILES string of the molecule is NC(Cc1cc2c(cn1)OCCO2)C1CCC(N=CCC2CCc3cc(-c4ncco4)cnc3C=CC2=O)CC1. The highest BCUT2D eigenvalue weighted by Crippen LogP contribution is 2.32. The first-order valence-electron chi connectivity index (χ1n) is 14.2. The summed E-state index contributed by atoms with van der Waals surface area (Å²) >= 11 is 0. The average molecular weight is 542 g/mol. The third-order valence-corrected chi connectivity index (χ3v) is 8.24. The van der Waals surface area contributed by atoms with Gasteiger partial charge in [0.25, 0.3) is 0 Å². The summed E-state index contributed by atoms with van der Waals surface area (Å²) in [5, 5.41) is 0. The van der Waals surface area contributed by atoms with Crippen molar-refractivity contribution >= 4 is 18.1 Å². The van der Waals surface area contributed by atoms with Gasteiger partial charge in [0.1, 0.15) is 19.5 Å². The summed E-state index contributed by atoms with van der Waals surface area (Å²) in [6, 6.07) is 4.37. The van der Waals surface area contributed by atoms with Crippen molar-refractivity contribution in [3.05, 3.63) is 60.0 Å². The second kappa shape index (κ2) is 12.1. The van der Waals surface area contributed by atoms with E-state index < -0.39 is 0 Å². The van der Waals surface area contributed by atoms with E-state index in [0.29, 0.717) is 43.2 Å². The molecule has 6 rings (SSSR count). The number of fused-ring (bicyclic) bond motifs is 2.